The molecule has 1 aliphatic carbocycles. The van der Waals surface area contributed by atoms with E-state index in [1.165, 1.54) is 19.8 Å². The first-order valence-electron chi connectivity index (χ1n) is 4.76. The molecule has 2 nitrogen and oxygen atoms in total. The SMILES string of the molecule is CC(=O)O[C@@H]1C[C@H](C)CC[C@H]1C. The second-order valence-electron chi connectivity index (χ2n) is 4.04. The quantitative estimate of drug-likeness (QED) is 0.565. The summed E-state index contributed by atoms with van der Waals surface area (Å²) in [5.74, 6) is 1.12. The van der Waals surface area contributed by atoms with E-state index in [1.807, 2.05) is 0 Å². The molecule has 3 atom stereocenters. The van der Waals surface area contributed by atoms with Crippen LogP contribution in [0.2, 0.25) is 0 Å². The minimum absolute atomic E-state index is 0.138. The van der Waals surface area contributed by atoms with E-state index < -0.39 is 0 Å². The highest BCUT2D eigenvalue weighted by Crippen LogP contribution is 2.30. The zero-order valence-corrected chi connectivity index (χ0v) is 8.17. The predicted molar refractivity (Wildman–Crippen MR) is 47.7 cm³/mol. The molecule has 1 saturated carbocycles. The van der Waals surface area contributed by atoms with E-state index in [-0.39, 0.29) is 12.1 Å². The smallest absolute Gasteiger partial charge is 0.302 e. The molecule has 1 aliphatic rings. The topological polar surface area (TPSA) is 26.3 Å². The van der Waals surface area contributed by atoms with Gasteiger partial charge in [-0.1, -0.05) is 20.3 Å². The molecule has 0 aromatic carbocycles. The molecule has 0 saturated heterocycles. The van der Waals surface area contributed by atoms with Crippen LogP contribution in [0.5, 0.6) is 0 Å². The van der Waals surface area contributed by atoms with Crippen molar-refractivity contribution in [3.05, 3.63) is 0 Å². The lowest BCUT2D eigenvalue weighted by atomic mass is 9.82. The Labute approximate surface area is 74.3 Å². The monoisotopic (exact) mass is 170 g/mol. The van der Waals surface area contributed by atoms with Crippen molar-refractivity contribution in [2.24, 2.45) is 11.8 Å². The molecular weight excluding hydrogens is 152 g/mol. The molecule has 2 heteroatoms. The highest BCUT2D eigenvalue weighted by atomic mass is 16.5. The molecule has 1 fully saturated rings. The molecule has 0 unspecified atom stereocenters. The summed E-state index contributed by atoms with van der Waals surface area (Å²) in [6.45, 7) is 5.88. The first-order valence-corrected chi connectivity index (χ1v) is 4.76. The van der Waals surface area contributed by atoms with Crippen LogP contribution in [0.3, 0.4) is 0 Å². The van der Waals surface area contributed by atoms with Crippen LogP contribution in [-0.2, 0) is 9.53 Å². The average molecular weight is 170 g/mol. The second kappa shape index (κ2) is 3.92. The maximum atomic E-state index is 10.7. The van der Waals surface area contributed by atoms with Gasteiger partial charge in [-0.3, -0.25) is 4.79 Å². The lowest BCUT2D eigenvalue weighted by Crippen LogP contribution is -2.30. The van der Waals surface area contributed by atoms with Crippen LogP contribution in [0.1, 0.15) is 40.0 Å². The van der Waals surface area contributed by atoms with Gasteiger partial charge < -0.3 is 4.74 Å². The maximum Gasteiger partial charge on any atom is 0.302 e. The van der Waals surface area contributed by atoms with Gasteiger partial charge in [-0.15, -0.1) is 0 Å². The fraction of sp³-hybridized carbons (Fsp3) is 0.900. The van der Waals surface area contributed by atoms with Crippen molar-refractivity contribution >= 4 is 5.97 Å². The van der Waals surface area contributed by atoms with E-state index in [0.29, 0.717) is 11.8 Å². The van der Waals surface area contributed by atoms with Crippen LogP contribution in [0.25, 0.3) is 0 Å². The molecular formula is C10H18O2. The third-order valence-corrected chi connectivity index (χ3v) is 2.70. The molecule has 12 heavy (non-hydrogen) atoms. The number of carbonyl (C=O) groups is 1. The van der Waals surface area contributed by atoms with Gasteiger partial charge in [0.15, 0.2) is 0 Å². The summed E-state index contributed by atoms with van der Waals surface area (Å²) < 4.78 is 5.23. The van der Waals surface area contributed by atoms with Gasteiger partial charge in [0.2, 0.25) is 0 Å². The Balaban J connectivity index is 2.43. The lowest BCUT2D eigenvalue weighted by molar-refractivity contribution is -0.151. The van der Waals surface area contributed by atoms with E-state index in [4.69, 9.17) is 4.74 Å². The minimum Gasteiger partial charge on any atom is -0.462 e. The first-order chi connectivity index (χ1) is 5.59. The Morgan fingerprint density at radius 3 is 2.58 bits per heavy atom. The Morgan fingerprint density at radius 1 is 1.33 bits per heavy atom. The van der Waals surface area contributed by atoms with Crippen LogP contribution in [0.4, 0.5) is 0 Å². The third kappa shape index (κ3) is 2.50. The van der Waals surface area contributed by atoms with Crippen LogP contribution in [0.15, 0.2) is 0 Å². The molecule has 1 rings (SSSR count). The van der Waals surface area contributed by atoms with E-state index in [9.17, 15) is 4.79 Å². The number of ether oxygens (including phenoxy) is 1. The summed E-state index contributed by atoms with van der Waals surface area (Å²) in [5, 5.41) is 0. The normalized spacial score (nSPS) is 36.1. The predicted octanol–water partition coefficient (Wildman–Crippen LogP) is 2.37. The second-order valence-corrected chi connectivity index (χ2v) is 4.04. The zero-order chi connectivity index (χ0) is 9.14. The van der Waals surface area contributed by atoms with E-state index in [2.05, 4.69) is 13.8 Å². The number of esters is 1. The van der Waals surface area contributed by atoms with Crippen molar-refractivity contribution in [2.75, 3.05) is 0 Å². The first kappa shape index (κ1) is 9.56. The Morgan fingerprint density at radius 2 is 2.00 bits per heavy atom. The molecule has 0 heterocycles. The Bertz CT molecular complexity index is 165. The van der Waals surface area contributed by atoms with Gasteiger partial charge >= 0.3 is 5.97 Å². The summed E-state index contributed by atoms with van der Waals surface area (Å²) in [6.07, 6.45) is 3.69. The van der Waals surface area contributed by atoms with E-state index in [0.717, 1.165) is 6.42 Å². The van der Waals surface area contributed by atoms with Gasteiger partial charge in [-0.25, -0.2) is 0 Å². The van der Waals surface area contributed by atoms with E-state index >= 15 is 0 Å². The summed E-state index contributed by atoms with van der Waals surface area (Å²) in [5.41, 5.74) is 0. The van der Waals surface area contributed by atoms with Gasteiger partial charge in [0.25, 0.3) is 0 Å². The molecule has 0 amide bonds. The third-order valence-electron chi connectivity index (χ3n) is 2.70. The Kier molecular flexibility index (Phi) is 3.12. The summed E-state index contributed by atoms with van der Waals surface area (Å²) in [7, 11) is 0. The van der Waals surface area contributed by atoms with Gasteiger partial charge in [-0.2, -0.15) is 0 Å². The maximum absolute atomic E-state index is 10.7. The van der Waals surface area contributed by atoms with Crippen LogP contribution < -0.4 is 0 Å². The summed E-state index contributed by atoms with van der Waals surface area (Å²) in [6, 6.07) is 0. The van der Waals surface area contributed by atoms with Gasteiger partial charge in [0.1, 0.15) is 6.10 Å². The minimum atomic E-state index is -0.138. The number of hydrogen-bond donors (Lipinski definition) is 0. The highest BCUT2D eigenvalue weighted by molar-refractivity contribution is 5.66. The molecule has 0 bridgehead atoms. The fourth-order valence-corrected chi connectivity index (χ4v) is 1.86. The van der Waals surface area contributed by atoms with Crippen molar-refractivity contribution in [3.8, 4) is 0 Å². The van der Waals surface area contributed by atoms with Crippen molar-refractivity contribution in [1.29, 1.82) is 0 Å². The average Bonchev–Trinajstić information content (AvgIpc) is 1.96. The van der Waals surface area contributed by atoms with Crippen LogP contribution in [-0.4, -0.2) is 12.1 Å². The molecule has 0 aromatic heterocycles. The summed E-state index contributed by atoms with van der Waals surface area (Å²) in [4.78, 5) is 10.7. The van der Waals surface area contributed by atoms with Gasteiger partial charge in [0.05, 0.1) is 0 Å². The summed E-state index contributed by atoms with van der Waals surface area (Å²) >= 11 is 0. The van der Waals surface area contributed by atoms with Crippen molar-refractivity contribution in [3.63, 3.8) is 0 Å². The largest absolute Gasteiger partial charge is 0.462 e. The molecule has 0 aliphatic heterocycles. The van der Waals surface area contributed by atoms with Crippen molar-refractivity contribution in [1.82, 2.24) is 0 Å². The number of carbonyl (C=O) groups excluding carboxylic acids is 1. The molecule has 0 aromatic rings. The standard InChI is InChI=1S/C10H18O2/c1-7-4-5-8(2)10(6-7)12-9(3)11/h7-8,10H,4-6H2,1-3H3/t7-,8-,10-/m1/s1. The molecule has 0 N–H and O–H groups in total. The molecule has 0 radical (unpaired) electrons. The van der Waals surface area contributed by atoms with Crippen LogP contribution >= 0.6 is 0 Å². The lowest BCUT2D eigenvalue weighted by Gasteiger charge is -2.31. The fourth-order valence-electron chi connectivity index (χ4n) is 1.86. The van der Waals surface area contributed by atoms with E-state index in [1.54, 1.807) is 0 Å². The van der Waals surface area contributed by atoms with Crippen molar-refractivity contribution in [2.45, 2.75) is 46.1 Å². The molecule has 70 valence electrons. The van der Waals surface area contributed by atoms with Gasteiger partial charge in [0, 0.05) is 6.92 Å². The highest BCUT2D eigenvalue weighted by Gasteiger charge is 2.27. The molecule has 0 spiro atoms. The zero-order valence-electron chi connectivity index (χ0n) is 8.17. The number of rotatable bonds is 1. The van der Waals surface area contributed by atoms with Crippen LogP contribution in [0, 0.1) is 11.8 Å². The Hall–Kier alpha value is -0.530. The van der Waals surface area contributed by atoms with Crippen molar-refractivity contribution < 1.29 is 9.53 Å². The van der Waals surface area contributed by atoms with Gasteiger partial charge in [-0.05, 0) is 24.7 Å². The number of hydrogen-bond acceptors (Lipinski definition) is 2.